The molecule has 3 aliphatic carbocycles. The normalized spacial score (nSPS) is 21.9. The SMILES string of the molecule is Cc1nonc1C(=O)N[C@H](c1cn2ncc(C(NC(=O)[C@H](F)C3CCC3)C3CC3)cc2n1)C1CCC(F)(F)CC1. The first-order valence-electron chi connectivity index (χ1n) is 14.0. The molecule has 0 aromatic carbocycles. The summed E-state index contributed by atoms with van der Waals surface area (Å²) in [5.74, 6) is -4.13. The Labute approximate surface area is 228 Å². The Bertz CT molecular complexity index is 1390. The number of fused-ring (bicyclic) bond motifs is 1. The van der Waals surface area contributed by atoms with Gasteiger partial charge in [-0.2, -0.15) is 5.10 Å². The highest BCUT2D eigenvalue weighted by Crippen LogP contribution is 2.43. The lowest BCUT2D eigenvalue weighted by Crippen LogP contribution is -2.41. The van der Waals surface area contributed by atoms with Crippen molar-refractivity contribution in [2.45, 2.75) is 88.9 Å². The maximum absolute atomic E-state index is 14.7. The van der Waals surface area contributed by atoms with Gasteiger partial charge in [-0.05, 0) is 80.0 Å². The lowest BCUT2D eigenvalue weighted by atomic mass is 9.81. The third-order valence-electron chi connectivity index (χ3n) is 8.63. The number of amides is 2. The minimum Gasteiger partial charge on any atom is -0.346 e. The standard InChI is InChI=1S/C27H32F3N7O3/c1-14-22(36-40-35-14)26(39)34-24(17-7-9-27(29,30)10-8-17)19-13-37-20(32-19)11-18(12-31-37)23(16-5-6-16)33-25(38)21(28)15-3-2-4-15/h11-13,15-17,21,23-24H,2-10H2,1H3,(H,33,38)(H,34,39)/t21-,23?,24+/m1/s1. The molecule has 0 aliphatic heterocycles. The van der Waals surface area contributed by atoms with Crippen molar-refractivity contribution < 1.29 is 27.4 Å². The first-order chi connectivity index (χ1) is 19.2. The number of halogens is 3. The Morgan fingerprint density at radius 2 is 1.75 bits per heavy atom. The number of imidazole rings is 1. The number of rotatable bonds is 9. The summed E-state index contributed by atoms with van der Waals surface area (Å²) in [6.07, 6.45) is 5.93. The minimum absolute atomic E-state index is 0.0198. The molecule has 3 saturated carbocycles. The van der Waals surface area contributed by atoms with Gasteiger partial charge in [0.1, 0.15) is 5.69 Å². The van der Waals surface area contributed by atoms with Crippen molar-refractivity contribution >= 4 is 17.5 Å². The van der Waals surface area contributed by atoms with Crippen molar-refractivity contribution in [3.8, 4) is 0 Å². The van der Waals surface area contributed by atoms with Gasteiger partial charge < -0.3 is 10.6 Å². The second-order valence-corrected chi connectivity index (χ2v) is 11.5. The number of aromatic nitrogens is 5. The van der Waals surface area contributed by atoms with Crippen molar-refractivity contribution in [1.29, 1.82) is 0 Å². The first kappa shape index (κ1) is 26.7. The largest absolute Gasteiger partial charge is 0.346 e. The molecule has 3 heterocycles. The van der Waals surface area contributed by atoms with Crippen LogP contribution in [0, 0.1) is 24.7 Å². The van der Waals surface area contributed by atoms with Gasteiger partial charge in [0.15, 0.2) is 17.5 Å². The number of nitrogens with zero attached hydrogens (tertiary/aromatic N) is 5. The number of carbonyl (C=O) groups excluding carboxylic acids is 2. The first-order valence-corrected chi connectivity index (χ1v) is 14.0. The molecule has 3 aromatic rings. The van der Waals surface area contributed by atoms with E-state index in [0.717, 1.165) is 37.7 Å². The molecule has 1 unspecified atom stereocenters. The molecule has 6 rings (SSSR count). The van der Waals surface area contributed by atoms with Crippen LogP contribution >= 0.6 is 0 Å². The second kappa shape index (κ2) is 10.5. The molecule has 3 fully saturated rings. The summed E-state index contributed by atoms with van der Waals surface area (Å²) in [5.41, 5.74) is 2.01. The predicted molar refractivity (Wildman–Crippen MR) is 135 cm³/mol. The van der Waals surface area contributed by atoms with Crippen LogP contribution in [-0.4, -0.2) is 48.8 Å². The van der Waals surface area contributed by atoms with Gasteiger partial charge in [-0.1, -0.05) is 11.6 Å². The summed E-state index contributed by atoms with van der Waals surface area (Å²) in [6.45, 7) is 1.59. The van der Waals surface area contributed by atoms with Crippen molar-refractivity contribution in [1.82, 2.24) is 35.5 Å². The van der Waals surface area contributed by atoms with E-state index in [4.69, 9.17) is 4.98 Å². The van der Waals surface area contributed by atoms with Gasteiger partial charge in [-0.15, -0.1) is 0 Å². The van der Waals surface area contributed by atoms with Crippen LogP contribution in [0.3, 0.4) is 0 Å². The number of nitrogens with one attached hydrogen (secondary N) is 2. The number of alkyl halides is 3. The third kappa shape index (κ3) is 5.42. The zero-order valence-corrected chi connectivity index (χ0v) is 22.2. The van der Waals surface area contributed by atoms with E-state index in [2.05, 4.69) is 30.7 Å². The Kier molecular flexibility index (Phi) is 6.99. The highest BCUT2D eigenvalue weighted by atomic mass is 19.3. The molecule has 214 valence electrons. The summed E-state index contributed by atoms with van der Waals surface area (Å²) >= 11 is 0. The van der Waals surface area contributed by atoms with E-state index in [-0.39, 0.29) is 55.2 Å². The van der Waals surface area contributed by atoms with Crippen molar-refractivity contribution in [3.05, 3.63) is 41.1 Å². The molecule has 0 saturated heterocycles. The molecule has 10 nitrogen and oxygen atoms in total. The quantitative estimate of drug-likeness (QED) is 0.397. The summed E-state index contributed by atoms with van der Waals surface area (Å²) in [5, 5.41) is 17.6. The third-order valence-corrected chi connectivity index (χ3v) is 8.63. The van der Waals surface area contributed by atoms with E-state index >= 15 is 0 Å². The number of hydrogen-bond donors (Lipinski definition) is 2. The number of hydrogen-bond acceptors (Lipinski definition) is 7. The monoisotopic (exact) mass is 559 g/mol. The van der Waals surface area contributed by atoms with E-state index in [1.165, 1.54) is 0 Å². The fourth-order valence-electron chi connectivity index (χ4n) is 5.79. The molecule has 2 amide bonds. The Morgan fingerprint density at radius 1 is 1.02 bits per heavy atom. The highest BCUT2D eigenvalue weighted by Gasteiger charge is 2.41. The zero-order chi connectivity index (χ0) is 28.0. The smallest absolute Gasteiger partial charge is 0.276 e. The van der Waals surface area contributed by atoms with Crippen LogP contribution in [0.25, 0.3) is 5.65 Å². The van der Waals surface area contributed by atoms with Gasteiger partial charge >= 0.3 is 0 Å². The van der Waals surface area contributed by atoms with Gasteiger partial charge in [0, 0.05) is 12.8 Å². The highest BCUT2D eigenvalue weighted by molar-refractivity contribution is 5.93. The molecule has 0 bridgehead atoms. The van der Waals surface area contributed by atoms with Gasteiger partial charge in [0.2, 0.25) is 5.92 Å². The minimum atomic E-state index is -2.73. The van der Waals surface area contributed by atoms with Crippen LogP contribution in [0.5, 0.6) is 0 Å². The van der Waals surface area contributed by atoms with Crippen LogP contribution in [-0.2, 0) is 4.79 Å². The predicted octanol–water partition coefficient (Wildman–Crippen LogP) is 4.42. The molecule has 2 N–H and O–H groups in total. The van der Waals surface area contributed by atoms with Gasteiger partial charge in [0.05, 0.1) is 30.2 Å². The Balaban J connectivity index is 1.26. The van der Waals surface area contributed by atoms with E-state index in [9.17, 15) is 22.8 Å². The molecule has 3 aliphatic rings. The molecule has 13 heteroatoms. The van der Waals surface area contributed by atoms with Crippen molar-refractivity contribution in [2.24, 2.45) is 17.8 Å². The van der Waals surface area contributed by atoms with Crippen LogP contribution < -0.4 is 10.6 Å². The summed E-state index contributed by atoms with van der Waals surface area (Å²) in [7, 11) is 0. The molecular weight excluding hydrogens is 527 g/mol. The zero-order valence-electron chi connectivity index (χ0n) is 22.2. The van der Waals surface area contributed by atoms with Crippen LogP contribution in [0.4, 0.5) is 13.2 Å². The maximum atomic E-state index is 14.7. The Morgan fingerprint density at radius 3 is 2.38 bits per heavy atom. The average molecular weight is 560 g/mol. The average Bonchev–Trinajstić information content (AvgIpc) is 3.50. The molecule has 40 heavy (non-hydrogen) atoms. The maximum Gasteiger partial charge on any atom is 0.276 e. The molecular formula is C27H32F3N7O3. The molecule has 3 atom stereocenters. The van der Waals surface area contributed by atoms with E-state index in [0.29, 0.717) is 17.0 Å². The summed E-state index contributed by atoms with van der Waals surface area (Å²) < 4.78 is 48.8. The fraction of sp³-hybridized carbons (Fsp3) is 0.630. The second-order valence-electron chi connectivity index (χ2n) is 11.5. The van der Waals surface area contributed by atoms with Gasteiger partial charge in [0.25, 0.3) is 11.8 Å². The number of carbonyl (C=O) groups is 2. The molecule has 3 aromatic heterocycles. The lowest BCUT2D eigenvalue weighted by Gasteiger charge is -2.33. The van der Waals surface area contributed by atoms with Crippen LogP contribution in [0.2, 0.25) is 0 Å². The lowest BCUT2D eigenvalue weighted by molar-refractivity contribution is -0.130. The van der Waals surface area contributed by atoms with Gasteiger partial charge in [-0.25, -0.2) is 27.3 Å². The van der Waals surface area contributed by atoms with Crippen LogP contribution in [0.15, 0.2) is 23.1 Å². The van der Waals surface area contributed by atoms with E-state index in [1.54, 1.807) is 29.9 Å². The van der Waals surface area contributed by atoms with Crippen molar-refractivity contribution in [3.63, 3.8) is 0 Å². The topological polar surface area (TPSA) is 127 Å². The Hall–Kier alpha value is -3.51. The summed E-state index contributed by atoms with van der Waals surface area (Å²) in [4.78, 5) is 30.4. The number of aryl methyl sites for hydroxylation is 1. The van der Waals surface area contributed by atoms with E-state index in [1.807, 2.05) is 0 Å². The van der Waals surface area contributed by atoms with Crippen LogP contribution in [0.1, 0.15) is 97.3 Å². The summed E-state index contributed by atoms with van der Waals surface area (Å²) in [6, 6.07) is 0.761. The van der Waals surface area contributed by atoms with Crippen molar-refractivity contribution in [2.75, 3.05) is 0 Å². The van der Waals surface area contributed by atoms with E-state index < -0.39 is 30.0 Å². The molecule has 0 radical (unpaired) electrons. The molecule has 0 spiro atoms. The van der Waals surface area contributed by atoms with Gasteiger partial charge in [-0.3, -0.25) is 9.59 Å². The fourth-order valence-corrected chi connectivity index (χ4v) is 5.79.